The van der Waals surface area contributed by atoms with Gasteiger partial charge in [-0.1, -0.05) is 0 Å². The molecule has 0 spiro atoms. The third kappa shape index (κ3) is 4.70. The number of hydrogen-bond acceptors (Lipinski definition) is 5. The molecular formula is C16H21N3O4. The van der Waals surface area contributed by atoms with E-state index < -0.39 is 11.8 Å². The van der Waals surface area contributed by atoms with Crippen LogP contribution in [-0.4, -0.2) is 47.7 Å². The Morgan fingerprint density at radius 2 is 2.09 bits per heavy atom. The van der Waals surface area contributed by atoms with E-state index >= 15 is 0 Å². The molecule has 2 rings (SSSR count). The van der Waals surface area contributed by atoms with Crippen LogP contribution in [0.1, 0.15) is 31.7 Å². The Morgan fingerprint density at radius 1 is 1.35 bits per heavy atom. The van der Waals surface area contributed by atoms with E-state index in [1.807, 2.05) is 6.92 Å². The molecule has 0 aromatic heterocycles. The summed E-state index contributed by atoms with van der Waals surface area (Å²) in [7, 11) is 0. The molecule has 1 fully saturated rings. The predicted octanol–water partition coefficient (Wildman–Crippen LogP) is 1.25. The number of phenols is 1. The predicted molar refractivity (Wildman–Crippen MR) is 85.4 cm³/mol. The summed E-state index contributed by atoms with van der Waals surface area (Å²) in [6, 6.07) is 4.70. The molecule has 0 radical (unpaired) electrons. The lowest BCUT2D eigenvalue weighted by atomic mass is 10.1. The molecule has 0 bridgehead atoms. The fourth-order valence-corrected chi connectivity index (χ4v) is 2.34. The van der Waals surface area contributed by atoms with Crippen LogP contribution >= 0.6 is 0 Å². The van der Waals surface area contributed by atoms with Crippen LogP contribution in [0, 0.1) is 0 Å². The minimum Gasteiger partial charge on any atom is -0.504 e. The number of likely N-dealkylation sites (tertiary alicyclic amines) is 1. The Bertz CT molecular complexity index is 595. The van der Waals surface area contributed by atoms with Gasteiger partial charge in [-0.05, 0) is 49.9 Å². The zero-order chi connectivity index (χ0) is 16.7. The lowest BCUT2D eigenvalue weighted by molar-refractivity contribution is -0.146. The number of ether oxygens (including phenoxy) is 1. The maximum atomic E-state index is 11.9. The molecule has 1 heterocycles. The number of carbonyl (C=O) groups excluding carboxylic acids is 2. The minimum absolute atomic E-state index is 0.0355. The van der Waals surface area contributed by atoms with Crippen LogP contribution < -0.4 is 10.2 Å². The Balaban J connectivity index is 1.91. The summed E-state index contributed by atoms with van der Waals surface area (Å²) in [6.07, 6.45) is 4.34. The standard InChI is InChI=1S/C16H21N3O4/c1-2-23-14-10-12(6-7-13(14)20)11-17-18-15(21)16(22)19-8-4-3-5-9-19/h6-7,10-11,20H,2-5,8-9H2,1H3,(H,18,21). The number of piperidine rings is 1. The van der Waals surface area contributed by atoms with Gasteiger partial charge in [0.05, 0.1) is 12.8 Å². The largest absolute Gasteiger partial charge is 0.504 e. The van der Waals surface area contributed by atoms with Crippen molar-refractivity contribution in [1.82, 2.24) is 10.3 Å². The third-order valence-electron chi connectivity index (χ3n) is 3.50. The second-order valence-electron chi connectivity index (χ2n) is 5.21. The minimum atomic E-state index is -0.744. The van der Waals surface area contributed by atoms with Gasteiger partial charge in [0.15, 0.2) is 11.5 Å². The highest BCUT2D eigenvalue weighted by molar-refractivity contribution is 6.35. The molecule has 2 amide bonds. The monoisotopic (exact) mass is 319 g/mol. The second-order valence-corrected chi connectivity index (χ2v) is 5.21. The number of nitrogens with one attached hydrogen (secondary N) is 1. The van der Waals surface area contributed by atoms with Gasteiger partial charge in [-0.25, -0.2) is 5.43 Å². The van der Waals surface area contributed by atoms with Crippen LogP contribution in [-0.2, 0) is 9.59 Å². The first kappa shape index (κ1) is 16.8. The Labute approximate surface area is 134 Å². The van der Waals surface area contributed by atoms with Crippen molar-refractivity contribution in [2.45, 2.75) is 26.2 Å². The van der Waals surface area contributed by atoms with Crippen LogP contribution in [0.3, 0.4) is 0 Å². The number of benzene rings is 1. The summed E-state index contributed by atoms with van der Waals surface area (Å²) < 4.78 is 5.26. The van der Waals surface area contributed by atoms with Gasteiger partial charge in [0, 0.05) is 13.1 Å². The first-order valence-corrected chi connectivity index (χ1v) is 7.70. The van der Waals surface area contributed by atoms with Gasteiger partial charge in [0.1, 0.15) is 0 Å². The molecule has 0 saturated carbocycles. The molecule has 1 aromatic carbocycles. The van der Waals surface area contributed by atoms with Crippen LogP contribution in [0.5, 0.6) is 11.5 Å². The average molecular weight is 319 g/mol. The molecule has 23 heavy (non-hydrogen) atoms. The summed E-state index contributed by atoms with van der Waals surface area (Å²) in [5.74, 6) is -0.921. The highest BCUT2D eigenvalue weighted by Gasteiger charge is 2.22. The van der Waals surface area contributed by atoms with Gasteiger partial charge in [-0.2, -0.15) is 5.10 Å². The summed E-state index contributed by atoms with van der Waals surface area (Å²) in [4.78, 5) is 25.2. The molecule has 7 nitrogen and oxygen atoms in total. The molecule has 1 aliphatic rings. The fourth-order valence-electron chi connectivity index (χ4n) is 2.34. The second kappa shape index (κ2) is 8.17. The summed E-state index contributed by atoms with van der Waals surface area (Å²) >= 11 is 0. The molecule has 0 atom stereocenters. The maximum absolute atomic E-state index is 11.9. The van der Waals surface area contributed by atoms with Crippen LogP contribution in [0.4, 0.5) is 0 Å². The van der Waals surface area contributed by atoms with Gasteiger partial charge in [0.25, 0.3) is 0 Å². The topological polar surface area (TPSA) is 91.2 Å². The van der Waals surface area contributed by atoms with E-state index in [2.05, 4.69) is 10.5 Å². The van der Waals surface area contributed by atoms with Gasteiger partial charge >= 0.3 is 11.8 Å². The highest BCUT2D eigenvalue weighted by Crippen LogP contribution is 2.26. The molecule has 124 valence electrons. The van der Waals surface area contributed by atoms with E-state index in [1.54, 1.807) is 17.0 Å². The lowest BCUT2D eigenvalue weighted by Crippen LogP contribution is -2.43. The number of amides is 2. The number of hydrogen-bond donors (Lipinski definition) is 2. The van der Waals surface area contributed by atoms with Gasteiger partial charge in [0.2, 0.25) is 0 Å². The van der Waals surface area contributed by atoms with Crippen molar-refractivity contribution in [1.29, 1.82) is 0 Å². The molecule has 1 aliphatic heterocycles. The molecule has 1 saturated heterocycles. The van der Waals surface area contributed by atoms with Gasteiger partial charge < -0.3 is 14.7 Å². The Morgan fingerprint density at radius 3 is 2.78 bits per heavy atom. The van der Waals surface area contributed by atoms with Crippen molar-refractivity contribution in [3.05, 3.63) is 23.8 Å². The third-order valence-corrected chi connectivity index (χ3v) is 3.50. The van der Waals surface area contributed by atoms with E-state index in [-0.39, 0.29) is 5.75 Å². The van der Waals surface area contributed by atoms with Crippen molar-refractivity contribution in [2.24, 2.45) is 5.10 Å². The van der Waals surface area contributed by atoms with Crippen molar-refractivity contribution in [3.8, 4) is 11.5 Å². The van der Waals surface area contributed by atoms with E-state index in [9.17, 15) is 14.7 Å². The van der Waals surface area contributed by atoms with Crippen LogP contribution in [0.25, 0.3) is 0 Å². The first-order valence-electron chi connectivity index (χ1n) is 7.70. The number of carbonyl (C=O) groups is 2. The van der Waals surface area contributed by atoms with Crippen molar-refractivity contribution < 1.29 is 19.4 Å². The number of nitrogens with zero attached hydrogens (tertiary/aromatic N) is 2. The molecule has 0 aliphatic carbocycles. The smallest absolute Gasteiger partial charge is 0.329 e. The zero-order valence-electron chi connectivity index (χ0n) is 13.1. The number of rotatable bonds is 4. The van der Waals surface area contributed by atoms with E-state index in [0.29, 0.717) is 31.0 Å². The van der Waals surface area contributed by atoms with Crippen LogP contribution in [0.2, 0.25) is 0 Å². The summed E-state index contributed by atoms with van der Waals surface area (Å²) in [5, 5.41) is 13.4. The quantitative estimate of drug-likeness (QED) is 0.496. The highest BCUT2D eigenvalue weighted by atomic mass is 16.5. The molecule has 7 heteroatoms. The van der Waals surface area contributed by atoms with Crippen molar-refractivity contribution >= 4 is 18.0 Å². The number of hydrazone groups is 1. The molecule has 1 aromatic rings. The van der Waals surface area contributed by atoms with E-state index in [0.717, 1.165) is 19.3 Å². The van der Waals surface area contributed by atoms with E-state index in [4.69, 9.17) is 4.74 Å². The molecule has 0 unspecified atom stereocenters. The summed E-state index contributed by atoms with van der Waals surface area (Å²) in [5.41, 5.74) is 2.87. The van der Waals surface area contributed by atoms with Crippen molar-refractivity contribution in [2.75, 3.05) is 19.7 Å². The summed E-state index contributed by atoms with van der Waals surface area (Å²) in [6.45, 7) is 3.47. The Kier molecular flexibility index (Phi) is 5.96. The van der Waals surface area contributed by atoms with Crippen molar-refractivity contribution in [3.63, 3.8) is 0 Å². The van der Waals surface area contributed by atoms with Gasteiger partial charge in [-0.3, -0.25) is 9.59 Å². The Hall–Kier alpha value is -2.57. The van der Waals surface area contributed by atoms with E-state index in [1.165, 1.54) is 12.3 Å². The first-order chi connectivity index (χ1) is 11.1. The zero-order valence-corrected chi connectivity index (χ0v) is 13.1. The molecular weight excluding hydrogens is 298 g/mol. The van der Waals surface area contributed by atoms with Gasteiger partial charge in [-0.15, -0.1) is 0 Å². The normalized spacial score (nSPS) is 14.7. The van der Waals surface area contributed by atoms with Crippen LogP contribution in [0.15, 0.2) is 23.3 Å². The lowest BCUT2D eigenvalue weighted by Gasteiger charge is -2.25. The number of aromatic hydroxyl groups is 1. The average Bonchev–Trinajstić information content (AvgIpc) is 2.58. The SMILES string of the molecule is CCOc1cc(C=NNC(=O)C(=O)N2CCCCC2)ccc1O. The fraction of sp³-hybridized carbons (Fsp3) is 0.438. The molecule has 2 N–H and O–H groups in total. The number of phenolic OH excluding ortho intramolecular Hbond substituents is 1. The maximum Gasteiger partial charge on any atom is 0.329 e.